The van der Waals surface area contributed by atoms with Gasteiger partial charge in [-0.05, 0) is 43.5 Å². The van der Waals surface area contributed by atoms with Crippen LogP contribution < -0.4 is 4.74 Å². The molecule has 0 aromatic heterocycles. The molecule has 1 aromatic rings. The van der Waals surface area contributed by atoms with E-state index >= 15 is 0 Å². The molecule has 0 aliphatic carbocycles. The third-order valence-electron chi connectivity index (χ3n) is 3.23. The first-order valence-electron chi connectivity index (χ1n) is 6.14. The van der Waals surface area contributed by atoms with Crippen LogP contribution in [0.2, 0.25) is 0 Å². The van der Waals surface area contributed by atoms with E-state index in [1.165, 1.54) is 0 Å². The largest absolute Gasteiger partial charge is 0.493 e. The fourth-order valence-corrected chi connectivity index (χ4v) is 3.36. The number of benzene rings is 1. The molecule has 1 saturated heterocycles. The number of rotatable bonds is 4. The minimum Gasteiger partial charge on any atom is -0.493 e. The molecule has 19 heavy (non-hydrogen) atoms. The zero-order chi connectivity index (χ0) is 14.0. The zero-order valence-corrected chi connectivity index (χ0v) is 12.6. The summed E-state index contributed by atoms with van der Waals surface area (Å²) in [4.78, 5) is 0.142. The van der Waals surface area contributed by atoms with Crippen LogP contribution >= 0.6 is 10.7 Å². The molecular formula is C13H17ClO4S. The van der Waals surface area contributed by atoms with Crippen LogP contribution in [-0.2, 0) is 13.8 Å². The highest BCUT2D eigenvalue weighted by Crippen LogP contribution is 2.28. The van der Waals surface area contributed by atoms with Crippen LogP contribution in [0.4, 0.5) is 0 Å². The second-order valence-corrected chi connectivity index (χ2v) is 7.40. The van der Waals surface area contributed by atoms with Crippen LogP contribution in [0.3, 0.4) is 0 Å². The van der Waals surface area contributed by atoms with E-state index in [1.807, 2.05) is 6.92 Å². The van der Waals surface area contributed by atoms with Gasteiger partial charge in [-0.25, -0.2) is 8.42 Å². The lowest BCUT2D eigenvalue weighted by Crippen LogP contribution is -2.12. The number of halogens is 1. The highest BCUT2D eigenvalue weighted by atomic mass is 35.7. The summed E-state index contributed by atoms with van der Waals surface area (Å²) in [5, 5.41) is 0. The topological polar surface area (TPSA) is 52.6 Å². The highest BCUT2D eigenvalue weighted by molar-refractivity contribution is 8.13. The smallest absolute Gasteiger partial charge is 0.261 e. The van der Waals surface area contributed by atoms with Crippen molar-refractivity contribution in [2.45, 2.75) is 25.2 Å². The van der Waals surface area contributed by atoms with Crippen LogP contribution in [-0.4, -0.2) is 28.2 Å². The highest BCUT2D eigenvalue weighted by Gasteiger charge is 2.19. The maximum absolute atomic E-state index is 11.4. The maximum Gasteiger partial charge on any atom is 0.261 e. The first-order valence-corrected chi connectivity index (χ1v) is 8.45. The standard InChI is InChI=1S/C13H17ClO4S/c1-9-6-13(19(14,15)16)10(2)5-12(9)18-8-11-3-4-17-7-11/h5-6,11H,3-4,7-8H2,1-2H3. The van der Waals surface area contributed by atoms with Crippen molar-refractivity contribution in [1.29, 1.82) is 0 Å². The summed E-state index contributed by atoms with van der Waals surface area (Å²) in [7, 11) is 1.68. The van der Waals surface area contributed by atoms with Gasteiger partial charge in [0.2, 0.25) is 0 Å². The fourth-order valence-electron chi connectivity index (χ4n) is 2.10. The molecule has 2 rings (SSSR count). The molecule has 106 valence electrons. The Morgan fingerprint density at radius 3 is 2.68 bits per heavy atom. The maximum atomic E-state index is 11.4. The Labute approximate surface area is 118 Å². The van der Waals surface area contributed by atoms with Gasteiger partial charge in [0, 0.05) is 23.2 Å². The second kappa shape index (κ2) is 5.69. The van der Waals surface area contributed by atoms with Crippen molar-refractivity contribution in [3.63, 3.8) is 0 Å². The van der Waals surface area contributed by atoms with Gasteiger partial charge >= 0.3 is 0 Å². The number of aryl methyl sites for hydroxylation is 2. The van der Waals surface area contributed by atoms with E-state index in [9.17, 15) is 8.42 Å². The van der Waals surface area contributed by atoms with Gasteiger partial charge < -0.3 is 9.47 Å². The lowest BCUT2D eigenvalue weighted by atomic mass is 10.1. The van der Waals surface area contributed by atoms with E-state index < -0.39 is 9.05 Å². The molecule has 1 heterocycles. The van der Waals surface area contributed by atoms with Crippen molar-refractivity contribution in [2.24, 2.45) is 5.92 Å². The average molecular weight is 305 g/mol. The van der Waals surface area contributed by atoms with Gasteiger partial charge in [-0.1, -0.05) is 0 Å². The molecule has 1 fully saturated rings. The summed E-state index contributed by atoms with van der Waals surface area (Å²) in [6.45, 7) is 5.63. The monoisotopic (exact) mass is 304 g/mol. The van der Waals surface area contributed by atoms with Gasteiger partial charge in [0.1, 0.15) is 5.75 Å². The minimum absolute atomic E-state index is 0.142. The summed E-state index contributed by atoms with van der Waals surface area (Å²) in [5.74, 6) is 1.12. The van der Waals surface area contributed by atoms with Crippen LogP contribution in [0.5, 0.6) is 5.75 Å². The first kappa shape index (κ1) is 14.6. The molecule has 0 amide bonds. The van der Waals surface area contributed by atoms with Crippen molar-refractivity contribution in [2.75, 3.05) is 19.8 Å². The number of hydrogen-bond acceptors (Lipinski definition) is 4. The Balaban J connectivity index is 2.16. The summed E-state index contributed by atoms with van der Waals surface area (Å²) in [5.41, 5.74) is 1.36. The molecule has 6 heteroatoms. The van der Waals surface area contributed by atoms with Crippen molar-refractivity contribution in [3.05, 3.63) is 23.3 Å². The number of hydrogen-bond donors (Lipinski definition) is 0. The Hall–Kier alpha value is -0.780. The van der Waals surface area contributed by atoms with Crippen molar-refractivity contribution < 1.29 is 17.9 Å². The zero-order valence-electron chi connectivity index (χ0n) is 11.0. The molecule has 0 radical (unpaired) electrons. The van der Waals surface area contributed by atoms with Crippen molar-refractivity contribution >= 4 is 19.7 Å². The molecule has 1 aliphatic rings. The fraction of sp³-hybridized carbons (Fsp3) is 0.538. The normalized spacial score (nSPS) is 19.6. The van der Waals surface area contributed by atoms with E-state index in [0.29, 0.717) is 23.8 Å². The summed E-state index contributed by atoms with van der Waals surface area (Å²) in [6.07, 6.45) is 1.01. The van der Waals surface area contributed by atoms with Gasteiger partial charge in [-0.3, -0.25) is 0 Å². The van der Waals surface area contributed by atoms with Crippen LogP contribution in [0.25, 0.3) is 0 Å². The Kier molecular flexibility index (Phi) is 4.38. The molecule has 0 spiro atoms. The van der Waals surface area contributed by atoms with Crippen LogP contribution in [0, 0.1) is 19.8 Å². The molecule has 4 nitrogen and oxygen atoms in total. The van der Waals surface area contributed by atoms with E-state index in [0.717, 1.165) is 25.2 Å². The van der Waals surface area contributed by atoms with Crippen LogP contribution in [0.1, 0.15) is 17.5 Å². The lowest BCUT2D eigenvalue weighted by Gasteiger charge is -2.14. The molecule has 1 unspecified atom stereocenters. The summed E-state index contributed by atoms with van der Waals surface area (Å²) >= 11 is 0. The van der Waals surface area contributed by atoms with E-state index in [2.05, 4.69) is 0 Å². The SMILES string of the molecule is Cc1cc(S(=O)(=O)Cl)c(C)cc1OCC1CCOC1. The van der Waals surface area contributed by atoms with E-state index in [1.54, 1.807) is 19.1 Å². The average Bonchev–Trinajstić information content (AvgIpc) is 2.81. The molecule has 1 aliphatic heterocycles. The third-order valence-corrected chi connectivity index (χ3v) is 4.70. The second-order valence-electron chi connectivity index (χ2n) is 4.86. The molecule has 0 saturated carbocycles. The van der Waals surface area contributed by atoms with Crippen molar-refractivity contribution in [3.8, 4) is 5.75 Å². The summed E-state index contributed by atoms with van der Waals surface area (Å²) in [6, 6.07) is 3.28. The summed E-state index contributed by atoms with van der Waals surface area (Å²) < 4.78 is 33.8. The van der Waals surface area contributed by atoms with Gasteiger partial charge in [-0.2, -0.15) is 0 Å². The van der Waals surface area contributed by atoms with Gasteiger partial charge in [0.15, 0.2) is 0 Å². The van der Waals surface area contributed by atoms with Crippen molar-refractivity contribution in [1.82, 2.24) is 0 Å². The Bertz CT molecular complexity index is 562. The molecule has 1 atom stereocenters. The molecule has 0 N–H and O–H groups in total. The predicted octanol–water partition coefficient (Wildman–Crippen LogP) is 2.65. The van der Waals surface area contributed by atoms with E-state index in [-0.39, 0.29) is 4.90 Å². The van der Waals surface area contributed by atoms with Gasteiger partial charge in [0.05, 0.1) is 18.1 Å². The number of ether oxygens (including phenoxy) is 2. The van der Waals surface area contributed by atoms with Gasteiger partial charge in [0.25, 0.3) is 9.05 Å². The van der Waals surface area contributed by atoms with Gasteiger partial charge in [-0.15, -0.1) is 0 Å². The Morgan fingerprint density at radius 1 is 1.37 bits per heavy atom. The third kappa shape index (κ3) is 3.61. The molecule has 0 bridgehead atoms. The lowest BCUT2D eigenvalue weighted by molar-refractivity contribution is 0.167. The quantitative estimate of drug-likeness (QED) is 0.803. The molecular weight excluding hydrogens is 288 g/mol. The van der Waals surface area contributed by atoms with Crippen LogP contribution in [0.15, 0.2) is 17.0 Å². The molecule has 1 aromatic carbocycles. The first-order chi connectivity index (χ1) is 8.88. The predicted molar refractivity (Wildman–Crippen MR) is 73.4 cm³/mol. The van der Waals surface area contributed by atoms with E-state index in [4.69, 9.17) is 20.2 Å². The minimum atomic E-state index is -3.71. The Morgan fingerprint density at radius 2 is 2.11 bits per heavy atom.